The molecule has 0 saturated heterocycles. The van der Waals surface area contributed by atoms with Crippen LogP contribution in [0.5, 0.6) is 0 Å². The van der Waals surface area contributed by atoms with E-state index in [1.54, 1.807) is 12.3 Å². The van der Waals surface area contributed by atoms with Gasteiger partial charge in [0.15, 0.2) is 5.78 Å². The number of aliphatic hydroxyl groups excluding tert-OH is 1. The van der Waals surface area contributed by atoms with Gasteiger partial charge in [-0.15, -0.1) is 46.2 Å². The fourth-order valence-corrected chi connectivity index (χ4v) is 8.22. The van der Waals surface area contributed by atoms with Gasteiger partial charge in [0.2, 0.25) is 0 Å². The van der Waals surface area contributed by atoms with Gasteiger partial charge in [-0.3, -0.25) is 4.79 Å². The molecular weight excluding hydrogens is 832 g/mol. The number of fused-ring (bicyclic) bond motifs is 3. The van der Waals surface area contributed by atoms with Crippen molar-refractivity contribution in [2.24, 2.45) is 11.8 Å². The quantitative estimate of drug-likeness (QED) is 0.0912. The molecule has 1 radical (unpaired) electrons. The minimum atomic E-state index is -4.50. The van der Waals surface area contributed by atoms with Gasteiger partial charge < -0.3 is 10.1 Å². The van der Waals surface area contributed by atoms with Crippen LogP contribution in [-0.4, -0.2) is 15.9 Å². The zero-order valence-electron chi connectivity index (χ0n) is 30.4. The molecule has 50 heavy (non-hydrogen) atoms. The van der Waals surface area contributed by atoms with Gasteiger partial charge in [-0.2, -0.15) is 13.2 Å². The van der Waals surface area contributed by atoms with Crippen LogP contribution >= 0.6 is 11.3 Å². The number of allylic oxidation sites excluding steroid dienone is 2. The van der Waals surface area contributed by atoms with Crippen LogP contribution in [0.25, 0.3) is 42.6 Å². The van der Waals surface area contributed by atoms with Gasteiger partial charge in [0.25, 0.3) is 0 Å². The third-order valence-electron chi connectivity index (χ3n) is 9.27. The maximum atomic E-state index is 14.6. The number of rotatable bonds is 9. The molecule has 0 unspecified atom stereocenters. The molecule has 0 atom stereocenters. The molecule has 0 saturated carbocycles. The first-order chi connectivity index (χ1) is 23.1. The first-order valence-electron chi connectivity index (χ1n) is 17.1. The molecule has 3 nitrogen and oxygen atoms in total. The van der Waals surface area contributed by atoms with Gasteiger partial charge in [-0.05, 0) is 80.2 Å². The molecule has 0 spiro atoms. The van der Waals surface area contributed by atoms with Crippen LogP contribution in [0.1, 0.15) is 86.8 Å². The predicted molar refractivity (Wildman–Crippen MR) is 199 cm³/mol. The van der Waals surface area contributed by atoms with Crippen molar-refractivity contribution in [3.8, 4) is 22.4 Å². The second-order valence-electron chi connectivity index (χ2n) is 13.0. The number of halogens is 3. The number of alkyl halides is 3. The maximum absolute atomic E-state index is 14.6. The third-order valence-corrected chi connectivity index (χ3v) is 10.5. The Bertz CT molecular complexity index is 1960. The molecule has 8 heteroatoms. The van der Waals surface area contributed by atoms with Crippen LogP contribution in [0.3, 0.4) is 0 Å². The summed E-state index contributed by atoms with van der Waals surface area (Å²) in [5, 5.41) is 11.1. The zero-order chi connectivity index (χ0) is 36.2. The fourth-order valence-electron chi connectivity index (χ4n) is 6.86. The molecule has 0 amide bonds. The molecule has 5 rings (SSSR count). The van der Waals surface area contributed by atoms with Crippen molar-refractivity contribution in [1.29, 1.82) is 0 Å². The van der Waals surface area contributed by atoms with Crippen LogP contribution in [0.4, 0.5) is 13.2 Å². The van der Waals surface area contributed by atoms with Crippen LogP contribution in [-0.2, 0) is 31.1 Å². The maximum Gasteiger partial charge on any atom is 0.418 e. The molecule has 0 fully saturated rings. The summed E-state index contributed by atoms with van der Waals surface area (Å²) in [6, 6.07) is 16.5. The van der Waals surface area contributed by atoms with Crippen molar-refractivity contribution >= 4 is 37.3 Å². The Kier molecular flexibility index (Phi) is 14.2. The first-order valence-corrected chi connectivity index (χ1v) is 17.9. The van der Waals surface area contributed by atoms with E-state index in [2.05, 4.69) is 11.1 Å². The van der Waals surface area contributed by atoms with E-state index >= 15 is 0 Å². The SMILES string of the molecule is CCC(CC)C(=O)/C=C(\O)C(CC)CC.Cc1[c-]c(-c2nccc3c2sc2c(C(F)(F)F)c(-c4c(C)cc(C)cc4C)ccc23)cc(C)c1.[Ir]. The Labute approximate surface area is 312 Å². The fraction of sp³-hybridized carbons (Fsp3) is 0.381. The Balaban J connectivity index is 0.000000361. The van der Waals surface area contributed by atoms with E-state index in [4.69, 9.17) is 0 Å². The first kappa shape index (κ1) is 41.1. The number of aliphatic hydroxyl groups is 1. The van der Waals surface area contributed by atoms with Gasteiger partial charge >= 0.3 is 6.18 Å². The van der Waals surface area contributed by atoms with Crippen LogP contribution in [0.15, 0.2) is 60.5 Å². The molecule has 2 heterocycles. The third kappa shape index (κ3) is 8.93. The number of carbonyl (C=O) groups excluding carboxylic acids is 1. The second-order valence-corrected chi connectivity index (χ2v) is 14.0. The molecule has 5 aromatic rings. The largest absolute Gasteiger partial charge is 0.512 e. The number of carbonyl (C=O) groups is 1. The number of benzene rings is 3. The molecule has 0 aliphatic carbocycles. The van der Waals surface area contributed by atoms with Crippen molar-refractivity contribution in [1.82, 2.24) is 4.98 Å². The number of pyridine rings is 1. The number of hydrogen-bond acceptors (Lipinski definition) is 4. The summed E-state index contributed by atoms with van der Waals surface area (Å²) in [6.07, 6.45) is 2.08. The average Bonchev–Trinajstić information content (AvgIpc) is 3.39. The summed E-state index contributed by atoms with van der Waals surface area (Å²) in [4.78, 5) is 16.3. The Morgan fingerprint density at radius 1 is 0.840 bits per heavy atom. The number of thiophene rings is 1. The molecule has 0 aliphatic heterocycles. The molecule has 0 aliphatic rings. The van der Waals surface area contributed by atoms with Gasteiger partial charge in [0, 0.05) is 64.7 Å². The molecule has 3 aromatic carbocycles. The zero-order valence-corrected chi connectivity index (χ0v) is 33.6. The number of aromatic nitrogens is 1. The molecular formula is C42H47F3IrNO2S-. The monoisotopic (exact) mass is 879 g/mol. The summed E-state index contributed by atoms with van der Waals surface area (Å²) >= 11 is 1.17. The van der Waals surface area contributed by atoms with Gasteiger partial charge in [0.1, 0.15) is 0 Å². The summed E-state index contributed by atoms with van der Waals surface area (Å²) in [7, 11) is 0. The summed E-state index contributed by atoms with van der Waals surface area (Å²) in [5.41, 5.74) is 6.54. The minimum Gasteiger partial charge on any atom is -0.512 e. The van der Waals surface area contributed by atoms with E-state index in [0.717, 1.165) is 69.2 Å². The number of aryl methyl sites for hydroxylation is 5. The Morgan fingerprint density at radius 3 is 1.94 bits per heavy atom. The van der Waals surface area contributed by atoms with E-state index in [9.17, 15) is 23.1 Å². The van der Waals surface area contributed by atoms with Crippen molar-refractivity contribution in [2.45, 2.75) is 94.2 Å². The van der Waals surface area contributed by atoms with E-state index in [-0.39, 0.29) is 53.7 Å². The van der Waals surface area contributed by atoms with E-state index < -0.39 is 11.7 Å². The van der Waals surface area contributed by atoms with Crippen LogP contribution in [0.2, 0.25) is 0 Å². The van der Waals surface area contributed by atoms with E-state index in [1.807, 2.05) is 98.7 Å². The number of ketones is 1. The van der Waals surface area contributed by atoms with Crippen molar-refractivity contribution in [3.05, 3.63) is 99.9 Å². The standard InChI is InChI=1S/C29H23F3NS.C13H24O2.Ir/c1-15-10-16(2)14-20(13-15)26-28-22(8-9-33-26)21-6-7-23(25(27(21)34-28)29(30,31)32)24-18(4)11-17(3)12-19(24)5;1-5-10(6-2)12(14)9-13(15)11(7-3)8-4;/h6-13H,1-5H3;9-11,14H,5-8H2,1-4H3;/q-1;;/b;12-9-;. The average molecular weight is 879 g/mol. The number of nitrogens with zero attached hydrogens (tertiary/aromatic N) is 1. The van der Waals surface area contributed by atoms with Crippen LogP contribution < -0.4 is 0 Å². The summed E-state index contributed by atoms with van der Waals surface area (Å²) in [6.45, 7) is 17.7. The second kappa shape index (κ2) is 17.3. The number of hydrogen-bond donors (Lipinski definition) is 1. The predicted octanol–water partition coefficient (Wildman–Crippen LogP) is 13.0. The van der Waals surface area contributed by atoms with E-state index in [1.165, 1.54) is 17.4 Å². The minimum absolute atomic E-state index is 0. The molecule has 2 aromatic heterocycles. The van der Waals surface area contributed by atoms with Crippen molar-refractivity contribution in [2.75, 3.05) is 0 Å². The summed E-state index contributed by atoms with van der Waals surface area (Å²) in [5.74, 6) is 0.547. The van der Waals surface area contributed by atoms with Gasteiger partial charge in [0.05, 0.1) is 11.3 Å². The van der Waals surface area contributed by atoms with Crippen LogP contribution in [0, 0.1) is 52.5 Å². The Hall–Kier alpha value is -3.32. The topological polar surface area (TPSA) is 50.2 Å². The molecule has 269 valence electrons. The molecule has 1 N–H and O–H groups in total. The normalized spacial score (nSPS) is 12.0. The van der Waals surface area contributed by atoms with Crippen molar-refractivity contribution < 1.29 is 43.2 Å². The smallest absolute Gasteiger partial charge is 0.418 e. The van der Waals surface area contributed by atoms with Gasteiger partial charge in [-0.1, -0.05) is 71.4 Å². The van der Waals surface area contributed by atoms with E-state index in [0.29, 0.717) is 16.6 Å². The van der Waals surface area contributed by atoms with Gasteiger partial charge in [-0.25, -0.2) is 0 Å². The Morgan fingerprint density at radius 2 is 1.40 bits per heavy atom. The molecule has 0 bridgehead atoms. The summed E-state index contributed by atoms with van der Waals surface area (Å²) < 4.78 is 44.9. The van der Waals surface area contributed by atoms with Crippen molar-refractivity contribution in [3.63, 3.8) is 0 Å².